The summed E-state index contributed by atoms with van der Waals surface area (Å²) in [7, 11) is 1.12. The Kier molecular flexibility index (Phi) is 39.2. The van der Waals surface area contributed by atoms with Gasteiger partial charge in [-0.3, -0.25) is 28.5 Å². The zero-order chi connectivity index (χ0) is 45.2. The molecule has 0 fully saturated rings. The Bertz CT molecular complexity index is 1190. The molecule has 6 N–H and O–H groups in total. The Morgan fingerprint density at radius 1 is 0.443 bits per heavy atom. The van der Waals surface area contributed by atoms with E-state index in [9.17, 15) is 28.5 Å². The van der Waals surface area contributed by atoms with Gasteiger partial charge in [0.05, 0.1) is 119 Å². The molecule has 0 aromatic rings. The first-order valence-corrected chi connectivity index (χ1v) is 22.3. The molecule has 0 spiro atoms. The van der Waals surface area contributed by atoms with Gasteiger partial charge in [0.2, 0.25) is 29.5 Å². The highest BCUT2D eigenvalue weighted by atomic mass is 31.2. The van der Waals surface area contributed by atoms with Crippen LogP contribution in [-0.4, -0.2) is 213 Å². The van der Waals surface area contributed by atoms with E-state index in [-0.39, 0.29) is 117 Å². The Morgan fingerprint density at radius 3 is 1.18 bits per heavy atom. The van der Waals surface area contributed by atoms with Crippen LogP contribution in [0, 0.1) is 0 Å². The third kappa shape index (κ3) is 39.7. The lowest BCUT2D eigenvalue weighted by atomic mass is 10.1. The maximum Gasteiger partial charge on any atom is 0.325 e. The van der Waals surface area contributed by atoms with Crippen LogP contribution in [0.25, 0.3) is 0 Å². The van der Waals surface area contributed by atoms with Crippen LogP contribution in [-0.2, 0) is 80.4 Å². The van der Waals surface area contributed by atoms with Crippen LogP contribution in [0.5, 0.6) is 0 Å². The van der Waals surface area contributed by atoms with Crippen LogP contribution in [0.1, 0.15) is 32.1 Å². The van der Waals surface area contributed by atoms with Gasteiger partial charge < -0.3 is 83.4 Å². The fourth-order valence-corrected chi connectivity index (χ4v) is 5.05. The lowest BCUT2D eigenvalue weighted by Gasteiger charge is -2.21. The summed E-state index contributed by atoms with van der Waals surface area (Å²) in [6.07, 6.45) is -0.472. The van der Waals surface area contributed by atoms with Gasteiger partial charge in [0, 0.05) is 66.9 Å². The first kappa shape index (κ1) is 58.1. The average molecular weight is 906 g/mol. The summed E-state index contributed by atoms with van der Waals surface area (Å²) in [5.74, 6) is -2.44. The van der Waals surface area contributed by atoms with Crippen molar-refractivity contribution < 1.29 is 85.3 Å². The Balaban J connectivity index is 4.97. The second kappa shape index (κ2) is 41.1. The standard InChI is InChI=1S/C37H72N5O18P/c1-50-17-20-54-14-10-38-33(43)7-5-31(36(46)39-11-15-55-21-18-51-2)41-34(44)8-6-32(37(47)40-12-16-56-22-19-52-3)42-35(45)9-13-53-23-24-57-25-26-58-27-28-59-29-30-60-61(4,48)49/h31-32H,5-30H2,1-4H3,(H,38,43)(H,39,46)(H,40,47)(H,41,44)(H,42,45)(H,48,49). The van der Waals surface area contributed by atoms with E-state index in [1.165, 1.54) is 7.11 Å². The summed E-state index contributed by atoms with van der Waals surface area (Å²) in [4.78, 5) is 73.7. The topological polar surface area (TPSA) is 284 Å². The van der Waals surface area contributed by atoms with Crippen molar-refractivity contribution in [2.75, 3.05) is 167 Å². The van der Waals surface area contributed by atoms with Gasteiger partial charge in [-0.25, -0.2) is 0 Å². The molecule has 3 unspecified atom stereocenters. The van der Waals surface area contributed by atoms with Crippen molar-refractivity contribution in [2.45, 2.75) is 44.2 Å². The van der Waals surface area contributed by atoms with Crippen molar-refractivity contribution >= 4 is 37.1 Å². The second-order valence-electron chi connectivity index (χ2n) is 12.9. The molecule has 0 radical (unpaired) electrons. The Morgan fingerprint density at radius 2 is 0.770 bits per heavy atom. The number of hydrogen-bond donors (Lipinski definition) is 6. The van der Waals surface area contributed by atoms with Crippen LogP contribution < -0.4 is 26.6 Å². The van der Waals surface area contributed by atoms with Gasteiger partial charge in [0.25, 0.3) is 0 Å². The number of ether oxygens (including phenoxy) is 10. The predicted octanol–water partition coefficient (Wildman–Crippen LogP) is -1.86. The molecular weight excluding hydrogens is 833 g/mol. The van der Waals surface area contributed by atoms with E-state index in [1.807, 2.05) is 0 Å². The molecule has 0 rings (SSSR count). The van der Waals surface area contributed by atoms with Crippen molar-refractivity contribution in [2.24, 2.45) is 0 Å². The molecule has 3 atom stereocenters. The van der Waals surface area contributed by atoms with E-state index in [1.54, 1.807) is 14.2 Å². The summed E-state index contributed by atoms with van der Waals surface area (Å²) < 4.78 is 68.1. The van der Waals surface area contributed by atoms with E-state index >= 15 is 0 Å². The lowest BCUT2D eigenvalue weighted by Crippen LogP contribution is -2.50. The van der Waals surface area contributed by atoms with Crippen LogP contribution >= 0.6 is 7.60 Å². The molecule has 0 saturated carbocycles. The highest BCUT2D eigenvalue weighted by Gasteiger charge is 2.25. The monoisotopic (exact) mass is 905 g/mol. The highest BCUT2D eigenvalue weighted by molar-refractivity contribution is 7.51. The number of methoxy groups -OCH3 is 3. The van der Waals surface area contributed by atoms with Crippen molar-refractivity contribution in [3.63, 3.8) is 0 Å². The fourth-order valence-electron chi connectivity index (χ4n) is 4.64. The molecule has 0 heterocycles. The number of rotatable bonds is 44. The molecule has 0 aliphatic heterocycles. The number of nitrogens with one attached hydrogen (secondary N) is 5. The molecule has 0 aliphatic rings. The third-order valence-corrected chi connectivity index (χ3v) is 8.39. The largest absolute Gasteiger partial charge is 0.382 e. The minimum Gasteiger partial charge on any atom is -0.382 e. The molecule has 5 amide bonds. The third-order valence-electron chi connectivity index (χ3n) is 7.73. The molecule has 0 aromatic carbocycles. The van der Waals surface area contributed by atoms with E-state index in [2.05, 4.69) is 26.6 Å². The highest BCUT2D eigenvalue weighted by Crippen LogP contribution is 2.35. The minimum absolute atomic E-state index is 0.00584. The molecule has 24 heteroatoms. The van der Waals surface area contributed by atoms with E-state index in [0.29, 0.717) is 59.5 Å². The minimum atomic E-state index is -3.51. The maximum absolute atomic E-state index is 13.2. The van der Waals surface area contributed by atoms with Crippen molar-refractivity contribution in [3.05, 3.63) is 0 Å². The molecule has 358 valence electrons. The normalized spacial score (nSPS) is 13.2. The second-order valence-corrected chi connectivity index (χ2v) is 14.8. The van der Waals surface area contributed by atoms with Crippen LogP contribution in [0.3, 0.4) is 0 Å². The average Bonchev–Trinajstić information content (AvgIpc) is 3.22. The van der Waals surface area contributed by atoms with Crippen LogP contribution in [0.15, 0.2) is 0 Å². The van der Waals surface area contributed by atoms with E-state index < -0.39 is 43.3 Å². The van der Waals surface area contributed by atoms with Gasteiger partial charge in [-0.05, 0) is 12.8 Å². The van der Waals surface area contributed by atoms with Gasteiger partial charge >= 0.3 is 7.60 Å². The molecule has 0 aromatic heterocycles. The molecular formula is C37H72N5O18P. The molecule has 0 aliphatic carbocycles. The zero-order valence-electron chi connectivity index (χ0n) is 36.4. The number of amides is 5. The fraction of sp³-hybridized carbons (Fsp3) is 0.865. The van der Waals surface area contributed by atoms with Gasteiger partial charge in [-0.15, -0.1) is 0 Å². The Hall–Kier alpha value is -2.90. The van der Waals surface area contributed by atoms with E-state index in [4.69, 9.17) is 56.8 Å². The summed E-state index contributed by atoms with van der Waals surface area (Å²) in [5, 5.41) is 13.4. The molecule has 23 nitrogen and oxygen atoms in total. The van der Waals surface area contributed by atoms with Crippen molar-refractivity contribution in [1.29, 1.82) is 0 Å². The molecule has 61 heavy (non-hydrogen) atoms. The van der Waals surface area contributed by atoms with Crippen molar-refractivity contribution in [3.8, 4) is 0 Å². The predicted molar refractivity (Wildman–Crippen MR) is 219 cm³/mol. The van der Waals surface area contributed by atoms with Gasteiger partial charge in [-0.1, -0.05) is 0 Å². The van der Waals surface area contributed by atoms with Gasteiger partial charge in [0.1, 0.15) is 12.1 Å². The lowest BCUT2D eigenvalue weighted by molar-refractivity contribution is -0.131. The van der Waals surface area contributed by atoms with Gasteiger partial charge in [0.15, 0.2) is 0 Å². The number of hydrogen-bond acceptors (Lipinski definition) is 17. The summed E-state index contributed by atoms with van der Waals surface area (Å²) in [6, 6.07) is -2.16. The maximum atomic E-state index is 13.2. The van der Waals surface area contributed by atoms with Crippen LogP contribution in [0.2, 0.25) is 0 Å². The summed E-state index contributed by atoms with van der Waals surface area (Å²) in [5.41, 5.74) is 0. The van der Waals surface area contributed by atoms with Crippen LogP contribution in [0.4, 0.5) is 0 Å². The SMILES string of the molecule is COCCOCCNC(=O)CCC(NC(=O)CCC(NC(=O)CCOCCOCCOCCOCCOP(C)(=O)O)C(=O)NCCOCCOC)C(=O)NCCOCCOC. The Labute approximate surface area is 359 Å². The quantitative estimate of drug-likeness (QED) is 0.0289. The molecule has 0 bridgehead atoms. The first-order chi connectivity index (χ1) is 29.4. The van der Waals surface area contributed by atoms with Gasteiger partial charge in [-0.2, -0.15) is 0 Å². The van der Waals surface area contributed by atoms with Crippen molar-refractivity contribution in [1.82, 2.24) is 26.6 Å². The van der Waals surface area contributed by atoms with E-state index in [0.717, 1.165) is 6.66 Å². The summed E-state index contributed by atoms with van der Waals surface area (Å²) in [6.45, 7) is 6.46. The molecule has 0 saturated heterocycles. The first-order valence-electron chi connectivity index (χ1n) is 20.3. The summed E-state index contributed by atoms with van der Waals surface area (Å²) >= 11 is 0. The smallest absolute Gasteiger partial charge is 0.325 e. The number of carbonyl (C=O) groups is 5. The zero-order valence-corrected chi connectivity index (χ0v) is 37.3. The number of carbonyl (C=O) groups excluding carboxylic acids is 5.